The molecule has 4 aromatic rings. The molecule has 0 saturated carbocycles. The maximum absolute atomic E-state index is 11.1. The summed E-state index contributed by atoms with van der Waals surface area (Å²) >= 11 is 0. The molecule has 0 aliphatic heterocycles. The van der Waals surface area contributed by atoms with Gasteiger partial charge < -0.3 is 9.30 Å². The minimum atomic E-state index is -0.506. The van der Waals surface area contributed by atoms with E-state index in [9.17, 15) is 10.1 Å². The van der Waals surface area contributed by atoms with Gasteiger partial charge in [0.1, 0.15) is 5.52 Å². The molecule has 29 heavy (non-hydrogen) atoms. The normalized spacial score (nSPS) is 11.4. The van der Waals surface area contributed by atoms with E-state index in [0.29, 0.717) is 11.2 Å². The molecule has 2 aromatic carbocycles. The van der Waals surface area contributed by atoms with E-state index >= 15 is 0 Å². The van der Waals surface area contributed by atoms with Gasteiger partial charge in [0.15, 0.2) is 11.4 Å². The minimum Gasteiger partial charge on any atom is -0.490 e. The number of nitrogens with one attached hydrogen (secondary N) is 1. The van der Waals surface area contributed by atoms with Gasteiger partial charge in [0.05, 0.1) is 23.8 Å². The Morgan fingerprint density at radius 3 is 2.86 bits per heavy atom. The topological polar surface area (TPSA) is 120 Å². The molecule has 0 atom stereocenters. The van der Waals surface area contributed by atoms with E-state index < -0.39 is 4.92 Å². The molecule has 0 fully saturated rings. The number of anilines is 1. The predicted octanol–water partition coefficient (Wildman–Crippen LogP) is 3.36. The number of methoxy groups -OCH3 is 1. The number of fused-ring (bicyclic) bond motifs is 3. The molecular weight excluding hydrogens is 374 g/mol. The molecule has 0 aliphatic carbocycles. The largest absolute Gasteiger partial charge is 0.490 e. The second-order valence-electron chi connectivity index (χ2n) is 6.13. The van der Waals surface area contributed by atoms with Gasteiger partial charge in [-0.25, -0.2) is 5.43 Å². The van der Waals surface area contributed by atoms with E-state index in [2.05, 4.69) is 30.3 Å². The third kappa shape index (κ3) is 3.31. The highest BCUT2D eigenvalue weighted by atomic mass is 16.6. The van der Waals surface area contributed by atoms with Crippen molar-refractivity contribution in [2.45, 2.75) is 13.5 Å². The van der Waals surface area contributed by atoms with Gasteiger partial charge in [-0.15, -0.1) is 10.2 Å². The van der Waals surface area contributed by atoms with Crippen LogP contribution >= 0.6 is 0 Å². The summed E-state index contributed by atoms with van der Waals surface area (Å²) in [4.78, 5) is 15.1. The number of aromatic nitrogens is 4. The fourth-order valence-electron chi connectivity index (χ4n) is 3.17. The lowest BCUT2D eigenvalue weighted by Crippen LogP contribution is -2.02. The summed E-state index contributed by atoms with van der Waals surface area (Å²) in [6.07, 6.45) is 1.44. The molecule has 0 spiro atoms. The van der Waals surface area contributed by atoms with Gasteiger partial charge in [-0.2, -0.15) is 10.1 Å². The molecule has 2 aromatic heterocycles. The van der Waals surface area contributed by atoms with Gasteiger partial charge in [0, 0.05) is 23.6 Å². The summed E-state index contributed by atoms with van der Waals surface area (Å²) in [5, 5.41) is 24.6. The van der Waals surface area contributed by atoms with E-state index in [0.717, 1.165) is 23.0 Å². The molecule has 0 aliphatic rings. The smallest absolute Gasteiger partial charge is 0.311 e. The van der Waals surface area contributed by atoms with Crippen LogP contribution in [-0.4, -0.2) is 38.0 Å². The van der Waals surface area contributed by atoms with E-state index in [-0.39, 0.29) is 17.4 Å². The fraction of sp³-hybridized carbons (Fsp3) is 0.158. The zero-order valence-corrected chi connectivity index (χ0v) is 15.7. The van der Waals surface area contributed by atoms with Crippen molar-refractivity contribution in [2.75, 3.05) is 12.5 Å². The summed E-state index contributed by atoms with van der Waals surface area (Å²) in [5.41, 5.74) is 5.60. The molecule has 146 valence electrons. The number of hydrazone groups is 1. The maximum Gasteiger partial charge on any atom is 0.311 e. The summed E-state index contributed by atoms with van der Waals surface area (Å²) in [5.74, 6) is 0.416. The zero-order valence-electron chi connectivity index (χ0n) is 15.7. The molecule has 10 heteroatoms. The Balaban J connectivity index is 1.63. The number of hydrogen-bond acceptors (Lipinski definition) is 8. The number of benzene rings is 2. The van der Waals surface area contributed by atoms with Gasteiger partial charge in [-0.3, -0.25) is 10.1 Å². The minimum absolute atomic E-state index is 0.136. The summed E-state index contributed by atoms with van der Waals surface area (Å²) in [6.45, 7) is 2.77. The van der Waals surface area contributed by atoms with Crippen molar-refractivity contribution in [1.29, 1.82) is 0 Å². The van der Waals surface area contributed by atoms with Crippen LogP contribution in [0.2, 0.25) is 0 Å². The monoisotopic (exact) mass is 391 g/mol. The van der Waals surface area contributed by atoms with E-state index in [1.54, 1.807) is 6.07 Å². The highest BCUT2D eigenvalue weighted by molar-refractivity contribution is 6.04. The van der Waals surface area contributed by atoms with Crippen molar-refractivity contribution in [3.63, 3.8) is 0 Å². The number of para-hydroxylation sites is 1. The Hall–Kier alpha value is -4.08. The van der Waals surface area contributed by atoms with Crippen LogP contribution in [0.25, 0.3) is 22.1 Å². The van der Waals surface area contributed by atoms with E-state index in [4.69, 9.17) is 4.74 Å². The first-order chi connectivity index (χ1) is 14.1. The van der Waals surface area contributed by atoms with Crippen LogP contribution in [-0.2, 0) is 6.54 Å². The first-order valence-electron chi connectivity index (χ1n) is 8.85. The number of nitrogens with zero attached hydrogens (tertiary/aromatic N) is 6. The van der Waals surface area contributed by atoms with Crippen LogP contribution in [0.15, 0.2) is 47.6 Å². The average Bonchev–Trinajstić information content (AvgIpc) is 3.06. The molecule has 0 amide bonds. The third-order valence-corrected chi connectivity index (χ3v) is 4.47. The first-order valence-corrected chi connectivity index (χ1v) is 8.85. The van der Waals surface area contributed by atoms with Crippen molar-refractivity contribution in [2.24, 2.45) is 5.10 Å². The quantitative estimate of drug-likeness (QED) is 0.304. The van der Waals surface area contributed by atoms with Gasteiger partial charge in [0.25, 0.3) is 5.95 Å². The van der Waals surface area contributed by atoms with Crippen molar-refractivity contribution in [3.05, 3.63) is 58.1 Å². The first kappa shape index (κ1) is 18.3. The van der Waals surface area contributed by atoms with Gasteiger partial charge in [-0.1, -0.05) is 18.2 Å². The molecular formula is C19H17N7O3. The molecule has 0 radical (unpaired) electrons. The molecule has 2 heterocycles. The van der Waals surface area contributed by atoms with Crippen LogP contribution in [0.1, 0.15) is 12.5 Å². The summed E-state index contributed by atoms with van der Waals surface area (Å²) in [6, 6.07) is 12.5. The lowest BCUT2D eigenvalue weighted by atomic mass is 10.2. The third-order valence-electron chi connectivity index (χ3n) is 4.47. The zero-order chi connectivity index (χ0) is 20.4. The highest BCUT2D eigenvalue weighted by Gasteiger charge is 2.15. The van der Waals surface area contributed by atoms with E-state index in [1.165, 1.54) is 25.5 Å². The van der Waals surface area contributed by atoms with Crippen LogP contribution in [0.4, 0.5) is 11.6 Å². The standard InChI is InChI=1S/C19H17N7O3/c1-3-25-14-7-5-4-6-13(14)17-18(25)21-19(24-22-17)23-20-11-12-8-9-16(29-2)15(10-12)26(27)28/h4-11H,3H2,1-2H3,(H,21,23,24)/b20-11+. The van der Waals surface area contributed by atoms with Crippen molar-refractivity contribution in [1.82, 2.24) is 19.7 Å². The molecule has 1 N–H and O–H groups in total. The molecule has 0 bridgehead atoms. The summed E-state index contributed by atoms with van der Waals surface area (Å²) < 4.78 is 7.05. The Morgan fingerprint density at radius 2 is 2.10 bits per heavy atom. The second-order valence-corrected chi connectivity index (χ2v) is 6.13. The predicted molar refractivity (Wildman–Crippen MR) is 109 cm³/mol. The Kier molecular flexibility index (Phi) is 4.73. The number of nitro groups is 1. The molecule has 0 unspecified atom stereocenters. The van der Waals surface area contributed by atoms with Gasteiger partial charge in [0.2, 0.25) is 0 Å². The highest BCUT2D eigenvalue weighted by Crippen LogP contribution is 2.27. The number of aryl methyl sites for hydroxylation is 1. The van der Waals surface area contributed by atoms with Gasteiger partial charge >= 0.3 is 5.69 Å². The van der Waals surface area contributed by atoms with Crippen molar-refractivity contribution in [3.8, 4) is 5.75 Å². The average molecular weight is 391 g/mol. The Morgan fingerprint density at radius 1 is 1.28 bits per heavy atom. The number of rotatable bonds is 6. The SMILES string of the molecule is CCn1c2ccccc2c2nnc(N/N=C/c3ccc(OC)c([N+](=O)[O-])c3)nc21. The Labute approximate surface area is 165 Å². The number of nitro benzene ring substituents is 1. The summed E-state index contributed by atoms with van der Waals surface area (Å²) in [7, 11) is 1.38. The fourth-order valence-corrected chi connectivity index (χ4v) is 3.17. The molecule has 4 rings (SSSR count). The number of hydrogen-bond donors (Lipinski definition) is 1. The Bertz CT molecular complexity index is 1250. The van der Waals surface area contributed by atoms with Crippen LogP contribution in [0.5, 0.6) is 5.75 Å². The van der Waals surface area contributed by atoms with Gasteiger partial charge in [-0.05, 0) is 25.1 Å². The van der Waals surface area contributed by atoms with E-state index in [1.807, 2.05) is 31.2 Å². The van der Waals surface area contributed by atoms with Crippen LogP contribution in [0, 0.1) is 10.1 Å². The van der Waals surface area contributed by atoms with Crippen LogP contribution in [0.3, 0.4) is 0 Å². The van der Waals surface area contributed by atoms with Crippen molar-refractivity contribution >= 4 is 39.9 Å². The molecule has 0 saturated heterocycles. The lowest BCUT2D eigenvalue weighted by molar-refractivity contribution is -0.385. The molecule has 10 nitrogen and oxygen atoms in total. The van der Waals surface area contributed by atoms with Crippen molar-refractivity contribution < 1.29 is 9.66 Å². The maximum atomic E-state index is 11.1. The second kappa shape index (κ2) is 7.50. The lowest BCUT2D eigenvalue weighted by Gasteiger charge is -2.03. The van der Waals surface area contributed by atoms with Crippen LogP contribution < -0.4 is 10.2 Å². The number of ether oxygens (including phenoxy) is 1.